The highest BCUT2D eigenvalue weighted by Crippen LogP contribution is 2.31. The highest BCUT2D eigenvalue weighted by molar-refractivity contribution is 6.33. The number of hydrogen-bond donors (Lipinski definition) is 2. The molecule has 4 nitrogen and oxygen atoms in total. The Bertz CT molecular complexity index is 517. The lowest BCUT2D eigenvalue weighted by atomic mass is 9.94. The van der Waals surface area contributed by atoms with Crippen LogP contribution < -0.4 is 10.6 Å². The lowest BCUT2D eigenvalue weighted by Crippen LogP contribution is -2.40. The van der Waals surface area contributed by atoms with Crippen molar-refractivity contribution in [1.29, 1.82) is 0 Å². The molecule has 2 N–H and O–H groups in total. The second kappa shape index (κ2) is 6.67. The molecular formula is C16H23ClN2O2. The third-order valence-corrected chi connectivity index (χ3v) is 3.96. The normalized spacial score (nSPS) is 20.9. The minimum Gasteiger partial charge on any atom is -0.381 e. The first kappa shape index (κ1) is 16.1. The molecule has 2 rings (SSSR count). The number of ether oxygens (including phenoxy) is 1. The van der Waals surface area contributed by atoms with Gasteiger partial charge in [0.2, 0.25) is 5.91 Å². The van der Waals surface area contributed by atoms with E-state index in [2.05, 4.69) is 24.5 Å². The van der Waals surface area contributed by atoms with Crippen LogP contribution in [0.3, 0.4) is 0 Å². The van der Waals surface area contributed by atoms with E-state index in [0.717, 1.165) is 30.8 Å². The van der Waals surface area contributed by atoms with Gasteiger partial charge in [0.1, 0.15) is 0 Å². The Morgan fingerprint density at radius 2 is 2.24 bits per heavy atom. The number of carbonyl (C=O) groups excluding carboxylic acids is 1. The SMILES string of the molecule is CCC(=O)Nc1ccc(Cl)c(NC2CCOC(C)(C)C2)c1. The van der Waals surface area contributed by atoms with Gasteiger partial charge in [-0.3, -0.25) is 4.79 Å². The number of hydrogen-bond acceptors (Lipinski definition) is 3. The average Bonchev–Trinajstić information content (AvgIpc) is 2.41. The maximum Gasteiger partial charge on any atom is 0.224 e. The fourth-order valence-corrected chi connectivity index (χ4v) is 2.71. The Balaban J connectivity index is 2.08. The van der Waals surface area contributed by atoms with Gasteiger partial charge in [0, 0.05) is 24.8 Å². The molecule has 21 heavy (non-hydrogen) atoms. The van der Waals surface area contributed by atoms with Crippen molar-refractivity contribution in [2.24, 2.45) is 0 Å². The van der Waals surface area contributed by atoms with Crippen molar-refractivity contribution in [2.75, 3.05) is 17.2 Å². The number of anilines is 2. The van der Waals surface area contributed by atoms with Crippen LogP contribution in [0.15, 0.2) is 18.2 Å². The zero-order valence-electron chi connectivity index (χ0n) is 12.8. The monoisotopic (exact) mass is 310 g/mol. The predicted octanol–water partition coefficient (Wildman–Crippen LogP) is 4.06. The summed E-state index contributed by atoms with van der Waals surface area (Å²) in [6.45, 7) is 6.77. The minimum absolute atomic E-state index is 0.00419. The van der Waals surface area contributed by atoms with Crippen molar-refractivity contribution in [3.63, 3.8) is 0 Å². The van der Waals surface area contributed by atoms with Crippen LogP contribution in [0.1, 0.15) is 40.0 Å². The highest BCUT2D eigenvalue weighted by atomic mass is 35.5. The molecule has 116 valence electrons. The van der Waals surface area contributed by atoms with Crippen molar-refractivity contribution in [3.05, 3.63) is 23.2 Å². The molecule has 1 atom stereocenters. The zero-order chi connectivity index (χ0) is 15.5. The fourth-order valence-electron chi connectivity index (χ4n) is 2.54. The molecule has 1 saturated heterocycles. The molecule has 0 spiro atoms. The molecule has 0 aromatic heterocycles. The van der Waals surface area contributed by atoms with E-state index in [-0.39, 0.29) is 11.5 Å². The van der Waals surface area contributed by atoms with E-state index in [1.165, 1.54) is 0 Å². The molecule has 1 aromatic carbocycles. The van der Waals surface area contributed by atoms with E-state index in [1.807, 2.05) is 19.1 Å². The van der Waals surface area contributed by atoms with Gasteiger partial charge >= 0.3 is 0 Å². The number of benzene rings is 1. The molecule has 0 aliphatic carbocycles. The summed E-state index contributed by atoms with van der Waals surface area (Å²) in [6, 6.07) is 5.83. The number of nitrogens with one attached hydrogen (secondary N) is 2. The molecule has 0 saturated carbocycles. The van der Waals surface area contributed by atoms with Crippen molar-refractivity contribution in [1.82, 2.24) is 0 Å². The lowest BCUT2D eigenvalue weighted by Gasteiger charge is -2.36. The zero-order valence-corrected chi connectivity index (χ0v) is 13.6. The van der Waals surface area contributed by atoms with Crippen molar-refractivity contribution in [3.8, 4) is 0 Å². The maximum absolute atomic E-state index is 11.5. The average molecular weight is 311 g/mol. The Morgan fingerprint density at radius 1 is 1.48 bits per heavy atom. The van der Waals surface area contributed by atoms with Crippen molar-refractivity contribution in [2.45, 2.75) is 51.7 Å². The molecule has 1 heterocycles. The van der Waals surface area contributed by atoms with E-state index < -0.39 is 0 Å². The van der Waals surface area contributed by atoms with Gasteiger partial charge in [-0.2, -0.15) is 0 Å². The van der Waals surface area contributed by atoms with Crippen LogP contribution in [0, 0.1) is 0 Å². The van der Waals surface area contributed by atoms with Gasteiger partial charge in [0.25, 0.3) is 0 Å². The van der Waals surface area contributed by atoms with Crippen LogP contribution in [0.4, 0.5) is 11.4 Å². The van der Waals surface area contributed by atoms with Gasteiger partial charge in [-0.15, -0.1) is 0 Å². The van der Waals surface area contributed by atoms with Crippen LogP contribution >= 0.6 is 11.6 Å². The van der Waals surface area contributed by atoms with Crippen LogP contribution in [0.5, 0.6) is 0 Å². The molecule has 5 heteroatoms. The van der Waals surface area contributed by atoms with Crippen LogP contribution in [0.2, 0.25) is 5.02 Å². The van der Waals surface area contributed by atoms with Gasteiger partial charge in [0.05, 0.1) is 16.3 Å². The molecule has 1 fully saturated rings. The number of halogens is 1. The molecular weight excluding hydrogens is 288 g/mol. The summed E-state index contributed by atoms with van der Waals surface area (Å²) >= 11 is 6.25. The molecule has 1 unspecified atom stereocenters. The Morgan fingerprint density at radius 3 is 2.90 bits per heavy atom. The standard InChI is InChI=1S/C16H23ClN2O2/c1-4-15(20)19-11-5-6-13(17)14(9-11)18-12-7-8-21-16(2,3)10-12/h5-6,9,12,18H,4,7-8,10H2,1-3H3,(H,19,20). The smallest absolute Gasteiger partial charge is 0.224 e. The Labute approximate surface area is 131 Å². The fraction of sp³-hybridized carbons (Fsp3) is 0.562. The summed E-state index contributed by atoms with van der Waals surface area (Å²) in [5.41, 5.74) is 1.50. The molecule has 1 aliphatic rings. The summed E-state index contributed by atoms with van der Waals surface area (Å²) in [6.07, 6.45) is 2.33. The molecule has 1 aliphatic heterocycles. The van der Waals surface area contributed by atoms with Gasteiger partial charge in [-0.05, 0) is 44.9 Å². The van der Waals surface area contributed by atoms with E-state index >= 15 is 0 Å². The molecule has 0 radical (unpaired) electrons. The quantitative estimate of drug-likeness (QED) is 0.881. The van der Waals surface area contributed by atoms with E-state index in [4.69, 9.17) is 16.3 Å². The number of rotatable bonds is 4. The van der Waals surface area contributed by atoms with Gasteiger partial charge in [0.15, 0.2) is 0 Å². The van der Waals surface area contributed by atoms with E-state index in [9.17, 15) is 4.79 Å². The summed E-state index contributed by atoms with van der Waals surface area (Å²) < 4.78 is 5.72. The minimum atomic E-state index is -0.115. The van der Waals surface area contributed by atoms with Gasteiger partial charge < -0.3 is 15.4 Å². The maximum atomic E-state index is 11.5. The summed E-state index contributed by atoms with van der Waals surface area (Å²) in [5.74, 6) is -0.00419. The molecule has 1 amide bonds. The van der Waals surface area contributed by atoms with Crippen LogP contribution in [0.25, 0.3) is 0 Å². The molecule has 0 bridgehead atoms. The first-order chi connectivity index (χ1) is 9.89. The summed E-state index contributed by atoms with van der Waals surface area (Å²) in [4.78, 5) is 11.5. The van der Waals surface area contributed by atoms with E-state index in [0.29, 0.717) is 17.5 Å². The summed E-state index contributed by atoms with van der Waals surface area (Å²) in [5, 5.41) is 6.98. The van der Waals surface area contributed by atoms with Crippen LogP contribution in [-0.2, 0) is 9.53 Å². The van der Waals surface area contributed by atoms with Crippen molar-refractivity contribution < 1.29 is 9.53 Å². The Hall–Kier alpha value is -1.26. The molecule has 1 aromatic rings. The predicted molar refractivity (Wildman–Crippen MR) is 87.0 cm³/mol. The van der Waals surface area contributed by atoms with Gasteiger partial charge in [-0.1, -0.05) is 18.5 Å². The van der Waals surface area contributed by atoms with Crippen LogP contribution in [-0.4, -0.2) is 24.2 Å². The first-order valence-corrected chi connectivity index (χ1v) is 7.77. The van der Waals surface area contributed by atoms with Gasteiger partial charge in [-0.25, -0.2) is 0 Å². The number of amides is 1. The second-order valence-electron chi connectivity index (χ2n) is 6.04. The highest BCUT2D eigenvalue weighted by Gasteiger charge is 2.29. The lowest BCUT2D eigenvalue weighted by molar-refractivity contribution is -0.115. The first-order valence-electron chi connectivity index (χ1n) is 7.39. The summed E-state index contributed by atoms with van der Waals surface area (Å²) in [7, 11) is 0. The second-order valence-corrected chi connectivity index (χ2v) is 6.45. The third kappa shape index (κ3) is 4.61. The Kier molecular flexibility index (Phi) is 5.12. The van der Waals surface area contributed by atoms with Crippen molar-refractivity contribution >= 4 is 28.9 Å². The third-order valence-electron chi connectivity index (χ3n) is 3.63. The topological polar surface area (TPSA) is 50.4 Å². The number of carbonyl (C=O) groups is 1. The van der Waals surface area contributed by atoms with E-state index in [1.54, 1.807) is 6.07 Å². The largest absolute Gasteiger partial charge is 0.381 e.